The van der Waals surface area contributed by atoms with Gasteiger partial charge in [-0.15, -0.1) is 12.5 Å². The van der Waals surface area contributed by atoms with Gasteiger partial charge >= 0.3 is 21.7 Å². The van der Waals surface area contributed by atoms with E-state index in [4.69, 9.17) is 5.73 Å². The summed E-state index contributed by atoms with van der Waals surface area (Å²) >= 11 is 0. The first-order valence-electron chi connectivity index (χ1n) is 16.9. The summed E-state index contributed by atoms with van der Waals surface area (Å²) in [7, 11) is 0.271. The van der Waals surface area contributed by atoms with Gasteiger partial charge in [-0.25, -0.2) is 5.57 Å². The Morgan fingerprint density at radius 3 is 1.20 bits per heavy atom. The van der Waals surface area contributed by atoms with Crippen LogP contribution in [-0.2, 0) is 21.7 Å². The average molecular weight is 657 g/mol. The summed E-state index contributed by atoms with van der Waals surface area (Å²) < 4.78 is 0. The number of benzene rings is 4. The summed E-state index contributed by atoms with van der Waals surface area (Å²) in [5.74, 6) is 3.43. The first-order chi connectivity index (χ1) is 21.8. The van der Waals surface area contributed by atoms with Crippen LogP contribution in [0, 0.1) is 29.7 Å². The summed E-state index contributed by atoms with van der Waals surface area (Å²) in [5, 5.41) is 2.90. The third kappa shape index (κ3) is 10.4. The Morgan fingerprint density at radius 1 is 0.587 bits per heavy atom. The SMILES string of the molecule is CC1=[C-]C(C)C(C)=C1C.[NH-]C12CC3CC(CC(C3)C1)C2.[Ti+2].c1ccc(-c2ccccc2)cc1.c1ccc([SiH]c2ccccc2)cc1. The number of hydrogen-bond acceptors (Lipinski definition) is 0. The maximum Gasteiger partial charge on any atom is 2.00 e. The molecule has 4 saturated carbocycles. The molecule has 0 heterocycles. The summed E-state index contributed by atoms with van der Waals surface area (Å²) in [6.45, 7) is 8.67. The minimum absolute atomic E-state index is 0. The molecule has 1 radical (unpaired) electrons. The van der Waals surface area contributed by atoms with E-state index in [0.717, 1.165) is 17.8 Å². The minimum Gasteiger partial charge on any atom is -0.672 e. The number of allylic oxidation sites excluding steroid dienone is 4. The van der Waals surface area contributed by atoms with E-state index in [1.54, 1.807) is 0 Å². The van der Waals surface area contributed by atoms with E-state index in [9.17, 15) is 0 Å². The molecule has 4 fully saturated rings. The monoisotopic (exact) mass is 656 g/mol. The molecule has 4 aromatic rings. The van der Waals surface area contributed by atoms with Gasteiger partial charge in [0.2, 0.25) is 0 Å². The predicted molar refractivity (Wildman–Crippen MR) is 196 cm³/mol. The zero-order valence-corrected chi connectivity index (χ0v) is 30.9. The van der Waals surface area contributed by atoms with Crippen molar-refractivity contribution in [3.63, 3.8) is 0 Å². The van der Waals surface area contributed by atoms with Crippen molar-refractivity contribution in [2.45, 2.75) is 71.8 Å². The molecule has 4 bridgehead atoms. The van der Waals surface area contributed by atoms with Gasteiger partial charge in [0, 0.05) is 0 Å². The second-order valence-corrected chi connectivity index (χ2v) is 15.3. The fourth-order valence-electron chi connectivity index (χ4n) is 7.82. The summed E-state index contributed by atoms with van der Waals surface area (Å²) in [6.07, 6.45) is 11.5. The molecule has 1 nitrogen and oxygen atoms in total. The first-order valence-corrected chi connectivity index (χ1v) is 18.0. The van der Waals surface area contributed by atoms with Crippen LogP contribution in [0.15, 0.2) is 138 Å². The molecule has 0 aliphatic heterocycles. The topological polar surface area (TPSA) is 23.8 Å². The smallest absolute Gasteiger partial charge is 0.672 e. The molecular formula is C43H50NSiTi. The second kappa shape index (κ2) is 17.4. The van der Waals surface area contributed by atoms with Gasteiger partial charge in [-0.2, -0.15) is 11.1 Å². The van der Waals surface area contributed by atoms with E-state index in [1.165, 1.54) is 76.7 Å². The van der Waals surface area contributed by atoms with Gasteiger partial charge in [-0.05, 0) is 48.1 Å². The van der Waals surface area contributed by atoms with Crippen molar-refractivity contribution < 1.29 is 21.7 Å². The van der Waals surface area contributed by atoms with Crippen molar-refractivity contribution in [3.05, 3.63) is 150 Å². The van der Waals surface area contributed by atoms with Gasteiger partial charge in [0.1, 0.15) is 9.52 Å². The fourth-order valence-corrected chi connectivity index (χ4v) is 9.04. The van der Waals surface area contributed by atoms with E-state index in [2.05, 4.69) is 143 Å². The molecule has 0 aromatic heterocycles. The van der Waals surface area contributed by atoms with Gasteiger partial charge in [0.25, 0.3) is 0 Å². The van der Waals surface area contributed by atoms with Crippen molar-refractivity contribution in [2.24, 2.45) is 23.7 Å². The summed E-state index contributed by atoms with van der Waals surface area (Å²) in [6, 6.07) is 42.1. The molecule has 0 amide bonds. The van der Waals surface area contributed by atoms with E-state index < -0.39 is 0 Å². The molecule has 9 rings (SSSR count). The third-order valence-electron chi connectivity index (χ3n) is 10.1. The number of rotatable bonds is 3. The molecular weight excluding hydrogens is 606 g/mol. The summed E-state index contributed by atoms with van der Waals surface area (Å²) in [4.78, 5) is 0. The molecule has 1 N–H and O–H groups in total. The van der Waals surface area contributed by atoms with Crippen LogP contribution in [0.4, 0.5) is 0 Å². The van der Waals surface area contributed by atoms with E-state index in [0.29, 0.717) is 5.92 Å². The van der Waals surface area contributed by atoms with Crippen molar-refractivity contribution >= 4 is 19.9 Å². The fraction of sp³-hybridized carbons (Fsp3) is 0.349. The van der Waals surface area contributed by atoms with Crippen molar-refractivity contribution in [1.82, 2.24) is 0 Å². The zero-order chi connectivity index (χ0) is 31.6. The Kier molecular flexibility index (Phi) is 13.7. The molecule has 5 aliphatic carbocycles. The largest absolute Gasteiger partial charge is 2.00 e. The predicted octanol–water partition coefficient (Wildman–Crippen LogP) is 10.2. The Balaban J connectivity index is 0.000000139. The first kappa shape index (κ1) is 36.1. The molecule has 46 heavy (non-hydrogen) atoms. The maximum atomic E-state index is 8.21. The Morgan fingerprint density at radius 2 is 0.935 bits per heavy atom. The summed E-state index contributed by atoms with van der Waals surface area (Å²) in [5.41, 5.74) is 15.1. The van der Waals surface area contributed by atoms with Crippen LogP contribution in [-0.4, -0.2) is 15.1 Å². The zero-order valence-electron chi connectivity index (χ0n) is 28.2. The number of hydrogen-bond donors (Lipinski definition) is 0. The molecule has 0 spiro atoms. The van der Waals surface area contributed by atoms with Gasteiger partial charge in [0.05, 0.1) is 0 Å². The molecule has 5 aliphatic rings. The van der Waals surface area contributed by atoms with Crippen LogP contribution in [0.1, 0.15) is 66.2 Å². The molecule has 1 unspecified atom stereocenters. The minimum atomic E-state index is 0. The molecule has 4 aromatic carbocycles. The van der Waals surface area contributed by atoms with Crippen molar-refractivity contribution in [1.29, 1.82) is 0 Å². The Hall–Kier alpha value is -2.75. The average Bonchev–Trinajstić information content (AvgIpc) is 3.27. The van der Waals surface area contributed by atoms with Gasteiger partial charge in [-0.1, -0.05) is 178 Å². The van der Waals surface area contributed by atoms with Gasteiger partial charge in [-0.3, -0.25) is 6.08 Å². The standard InChI is InChI=1S/C12H11Si.C12H10.C10H16N.C9H13.Ti/c1-3-7-11(8-4-1)13-12-9-5-2-6-10-12;1-3-7-11(8-4-1)12-9-5-2-6-10-12;11-10-4-7-1-8(5-10)3-9(2-7)6-10;1-6-5-7(2)9(4)8(6)3;/h1-10,13H;1-10H;7-9,11H,1-6H2;6H,1-4H3;/q;;2*-1;+2. The van der Waals surface area contributed by atoms with Crippen LogP contribution in [0.2, 0.25) is 0 Å². The van der Waals surface area contributed by atoms with E-state index >= 15 is 0 Å². The second-order valence-electron chi connectivity index (χ2n) is 13.7. The van der Waals surface area contributed by atoms with Crippen LogP contribution in [0.5, 0.6) is 0 Å². The van der Waals surface area contributed by atoms with Gasteiger partial charge < -0.3 is 5.73 Å². The third-order valence-corrected chi connectivity index (χ3v) is 11.5. The van der Waals surface area contributed by atoms with E-state index in [1.807, 2.05) is 12.1 Å². The van der Waals surface area contributed by atoms with Crippen molar-refractivity contribution in [3.8, 4) is 11.1 Å². The number of nitrogens with one attached hydrogen (secondary N) is 1. The van der Waals surface area contributed by atoms with Crippen LogP contribution < -0.4 is 10.4 Å². The van der Waals surface area contributed by atoms with Crippen LogP contribution in [0.25, 0.3) is 16.9 Å². The van der Waals surface area contributed by atoms with Crippen LogP contribution in [0.3, 0.4) is 0 Å². The molecule has 3 heteroatoms. The molecule has 235 valence electrons. The quantitative estimate of drug-likeness (QED) is 0.155. The molecule has 1 atom stereocenters. The van der Waals surface area contributed by atoms with Gasteiger partial charge in [0.15, 0.2) is 0 Å². The molecule has 0 saturated heterocycles. The Bertz CT molecular complexity index is 1420. The van der Waals surface area contributed by atoms with Crippen molar-refractivity contribution in [2.75, 3.05) is 0 Å². The van der Waals surface area contributed by atoms with Crippen LogP contribution >= 0.6 is 0 Å². The maximum absolute atomic E-state index is 8.21. The Labute approximate surface area is 296 Å². The normalized spacial score (nSPS) is 25.0. The van der Waals surface area contributed by atoms with E-state index in [-0.39, 0.29) is 36.8 Å².